The van der Waals surface area contributed by atoms with Crippen molar-refractivity contribution in [3.63, 3.8) is 0 Å². The molecule has 27 heavy (non-hydrogen) atoms. The summed E-state index contributed by atoms with van der Waals surface area (Å²) in [5.74, 6) is 1.17. The third-order valence-corrected chi connectivity index (χ3v) is 4.74. The summed E-state index contributed by atoms with van der Waals surface area (Å²) >= 11 is 5.81. The van der Waals surface area contributed by atoms with Crippen LogP contribution in [-0.4, -0.2) is 23.4 Å². The number of alkyl halides is 3. The molecule has 0 aliphatic carbocycles. The molecule has 0 saturated carbocycles. The van der Waals surface area contributed by atoms with Crippen LogP contribution in [0.1, 0.15) is 11.1 Å². The Bertz CT molecular complexity index is 1010. The molecule has 1 N–H and O–H groups in total. The molecule has 3 aromatic rings. The Morgan fingerprint density at radius 3 is 2.70 bits per heavy atom. The second-order valence-electron chi connectivity index (χ2n) is 6.12. The largest absolute Gasteiger partial charge is 0.496 e. The zero-order chi connectivity index (χ0) is 19.2. The van der Waals surface area contributed by atoms with E-state index in [1.165, 1.54) is 16.8 Å². The van der Waals surface area contributed by atoms with E-state index in [1.807, 2.05) is 18.2 Å². The second kappa shape index (κ2) is 6.49. The Morgan fingerprint density at radius 2 is 1.96 bits per heavy atom. The van der Waals surface area contributed by atoms with E-state index in [4.69, 9.17) is 16.3 Å². The third kappa shape index (κ3) is 3.02. The van der Waals surface area contributed by atoms with Crippen LogP contribution < -0.4 is 10.1 Å². The number of nitrogens with one attached hydrogen (secondary N) is 1. The van der Waals surface area contributed by atoms with E-state index in [0.29, 0.717) is 30.2 Å². The molecule has 0 unspecified atom stereocenters. The fraction of sp³-hybridized carbons (Fsp3) is 0.211. The molecule has 2 aromatic carbocycles. The van der Waals surface area contributed by atoms with Crippen molar-refractivity contribution in [1.29, 1.82) is 0 Å². The van der Waals surface area contributed by atoms with Crippen molar-refractivity contribution in [2.24, 2.45) is 0 Å². The molecule has 140 valence electrons. The molecule has 2 heterocycles. The van der Waals surface area contributed by atoms with Crippen molar-refractivity contribution < 1.29 is 17.9 Å². The summed E-state index contributed by atoms with van der Waals surface area (Å²) in [4.78, 5) is 0. The highest BCUT2D eigenvalue weighted by Crippen LogP contribution is 2.41. The van der Waals surface area contributed by atoms with Crippen molar-refractivity contribution >= 4 is 17.4 Å². The molecule has 0 bridgehead atoms. The number of nitrogens with zero attached hydrogens (tertiary/aromatic N) is 2. The number of hydrogen-bond donors (Lipinski definition) is 1. The van der Waals surface area contributed by atoms with Gasteiger partial charge in [-0.15, -0.1) is 0 Å². The van der Waals surface area contributed by atoms with E-state index in [-0.39, 0.29) is 10.7 Å². The smallest absolute Gasteiger partial charge is 0.418 e. The molecular formula is C19H15ClF3N3O. The molecule has 1 aliphatic heterocycles. The Kier molecular flexibility index (Phi) is 4.26. The van der Waals surface area contributed by atoms with Gasteiger partial charge in [0.15, 0.2) is 0 Å². The van der Waals surface area contributed by atoms with E-state index >= 15 is 0 Å². The monoisotopic (exact) mass is 393 g/mol. The maximum Gasteiger partial charge on any atom is 0.418 e. The number of aromatic nitrogens is 2. The lowest BCUT2D eigenvalue weighted by atomic mass is 10.1. The molecule has 0 radical (unpaired) electrons. The minimum atomic E-state index is -4.55. The van der Waals surface area contributed by atoms with Crippen LogP contribution in [0.4, 0.5) is 19.0 Å². The average Bonchev–Trinajstić information content (AvgIpc) is 3.24. The number of halogens is 4. The van der Waals surface area contributed by atoms with Crippen molar-refractivity contribution in [2.45, 2.75) is 12.6 Å². The number of ether oxygens (including phenoxy) is 1. The minimum Gasteiger partial charge on any atom is -0.496 e. The predicted molar refractivity (Wildman–Crippen MR) is 97.8 cm³/mol. The molecule has 4 rings (SSSR count). The highest BCUT2D eigenvalue weighted by Gasteiger charge is 2.36. The normalized spacial score (nSPS) is 13.4. The zero-order valence-electron chi connectivity index (χ0n) is 14.3. The first-order valence-corrected chi connectivity index (χ1v) is 8.64. The molecule has 0 spiro atoms. The van der Waals surface area contributed by atoms with Gasteiger partial charge in [-0.2, -0.15) is 18.3 Å². The lowest BCUT2D eigenvalue weighted by Gasteiger charge is -2.15. The molecule has 0 atom stereocenters. The molecule has 4 nitrogen and oxygen atoms in total. The van der Waals surface area contributed by atoms with Gasteiger partial charge in [0, 0.05) is 22.7 Å². The summed E-state index contributed by atoms with van der Waals surface area (Å²) in [6.07, 6.45) is -3.89. The quantitative estimate of drug-likeness (QED) is 0.665. The van der Waals surface area contributed by atoms with Crippen molar-refractivity contribution in [3.05, 3.63) is 58.6 Å². The topological polar surface area (TPSA) is 39.1 Å². The van der Waals surface area contributed by atoms with Crippen LogP contribution >= 0.6 is 11.6 Å². The Labute approximate surface area is 158 Å². The van der Waals surface area contributed by atoms with Crippen molar-refractivity contribution in [1.82, 2.24) is 9.78 Å². The lowest BCUT2D eigenvalue weighted by Crippen LogP contribution is -2.13. The molecule has 0 saturated heterocycles. The zero-order valence-corrected chi connectivity index (χ0v) is 15.0. The van der Waals surface area contributed by atoms with Gasteiger partial charge in [-0.1, -0.05) is 23.7 Å². The number of rotatable bonds is 3. The first kappa shape index (κ1) is 17.7. The first-order chi connectivity index (χ1) is 12.9. The SMILES string of the molecule is COc1ccccc1-c1nn(-c2ccc(Cl)cc2C(F)(F)F)c2c1CCN2. The first-order valence-electron chi connectivity index (χ1n) is 8.26. The number of benzene rings is 2. The van der Waals surface area contributed by atoms with Gasteiger partial charge in [0.25, 0.3) is 0 Å². The van der Waals surface area contributed by atoms with Crippen molar-refractivity contribution in [2.75, 3.05) is 19.0 Å². The highest BCUT2D eigenvalue weighted by atomic mass is 35.5. The molecule has 8 heteroatoms. The average molecular weight is 394 g/mol. The van der Waals surface area contributed by atoms with Gasteiger partial charge in [-0.3, -0.25) is 0 Å². The summed E-state index contributed by atoms with van der Waals surface area (Å²) in [5, 5.41) is 7.68. The molecule has 0 amide bonds. The summed E-state index contributed by atoms with van der Waals surface area (Å²) < 4.78 is 47.4. The lowest BCUT2D eigenvalue weighted by molar-refractivity contribution is -0.137. The summed E-state index contributed by atoms with van der Waals surface area (Å²) in [6, 6.07) is 11.0. The Morgan fingerprint density at radius 1 is 1.19 bits per heavy atom. The third-order valence-electron chi connectivity index (χ3n) is 4.51. The van der Waals surface area contributed by atoms with E-state index < -0.39 is 11.7 Å². The van der Waals surface area contributed by atoms with Gasteiger partial charge in [-0.05, 0) is 36.8 Å². The molecule has 1 aliphatic rings. The van der Waals surface area contributed by atoms with E-state index in [0.717, 1.165) is 17.2 Å². The van der Waals surface area contributed by atoms with Crippen LogP contribution in [-0.2, 0) is 12.6 Å². The number of methoxy groups -OCH3 is 1. The molecule has 1 aromatic heterocycles. The fourth-order valence-corrected chi connectivity index (χ4v) is 3.50. The van der Waals surface area contributed by atoms with Crippen molar-refractivity contribution in [3.8, 4) is 22.7 Å². The fourth-order valence-electron chi connectivity index (χ4n) is 3.33. The number of para-hydroxylation sites is 1. The number of anilines is 1. The van der Waals surface area contributed by atoms with Gasteiger partial charge < -0.3 is 10.1 Å². The van der Waals surface area contributed by atoms with Gasteiger partial charge in [0.05, 0.1) is 18.4 Å². The minimum absolute atomic E-state index is 0.0211. The summed E-state index contributed by atoms with van der Waals surface area (Å²) in [5.41, 5.74) is 1.30. The molecular weight excluding hydrogens is 379 g/mol. The standard InChI is InChI=1S/C19H15ClF3N3O/c1-27-16-5-3-2-4-12(16)17-13-8-9-24-18(13)26(25-17)15-7-6-11(20)10-14(15)19(21,22)23/h2-7,10,24H,8-9H2,1H3. The Balaban J connectivity index is 1.95. The van der Waals surface area contributed by atoms with Crippen LogP contribution in [0.5, 0.6) is 5.75 Å². The van der Waals surface area contributed by atoms with E-state index in [9.17, 15) is 13.2 Å². The summed E-state index contributed by atoms with van der Waals surface area (Å²) in [7, 11) is 1.55. The second-order valence-corrected chi connectivity index (χ2v) is 6.56. The van der Waals surface area contributed by atoms with Crippen LogP contribution in [0.25, 0.3) is 16.9 Å². The number of hydrogen-bond acceptors (Lipinski definition) is 3. The van der Waals surface area contributed by atoms with Gasteiger partial charge in [0.1, 0.15) is 17.3 Å². The van der Waals surface area contributed by atoms with Crippen LogP contribution in [0, 0.1) is 0 Å². The van der Waals surface area contributed by atoms with E-state index in [1.54, 1.807) is 13.2 Å². The maximum atomic E-state index is 13.6. The van der Waals surface area contributed by atoms with E-state index in [2.05, 4.69) is 10.4 Å². The maximum absolute atomic E-state index is 13.6. The Hall–Kier alpha value is -2.67. The van der Waals surface area contributed by atoms with Gasteiger partial charge >= 0.3 is 6.18 Å². The van der Waals surface area contributed by atoms with Crippen LogP contribution in [0.2, 0.25) is 5.02 Å². The van der Waals surface area contributed by atoms with Gasteiger partial charge in [-0.25, -0.2) is 4.68 Å². The van der Waals surface area contributed by atoms with Crippen LogP contribution in [0.3, 0.4) is 0 Å². The van der Waals surface area contributed by atoms with Gasteiger partial charge in [0.2, 0.25) is 0 Å². The van der Waals surface area contributed by atoms with Crippen LogP contribution in [0.15, 0.2) is 42.5 Å². The molecule has 0 fully saturated rings. The highest BCUT2D eigenvalue weighted by molar-refractivity contribution is 6.30. The number of fused-ring (bicyclic) bond motifs is 1. The summed E-state index contributed by atoms with van der Waals surface area (Å²) in [6.45, 7) is 0.629. The predicted octanol–water partition coefficient (Wildman–Crippen LogP) is 5.19.